The monoisotopic (exact) mass is 374 g/mol. The Morgan fingerprint density at radius 1 is 1.15 bits per heavy atom. The summed E-state index contributed by atoms with van der Waals surface area (Å²) in [4.78, 5) is 23.8. The summed E-state index contributed by atoms with van der Waals surface area (Å²) in [7, 11) is -1.94. The molecule has 1 heterocycles. The lowest BCUT2D eigenvalue weighted by atomic mass is 10.2. The van der Waals surface area contributed by atoms with E-state index in [9.17, 15) is 18.0 Å². The standard InChI is InChI=1S/C18H18N2O5S/c1-12-3-6-14(7-4-12)26(23,24)10-9-17(21)19-13-5-8-15-16(11-13)25-18(22)20(15)2/h3-8,11H,9-10H2,1-2H3,(H,19,21). The molecule has 0 bridgehead atoms. The van der Waals surface area contributed by atoms with E-state index >= 15 is 0 Å². The van der Waals surface area contributed by atoms with Crippen molar-refractivity contribution < 1.29 is 17.6 Å². The molecule has 0 saturated heterocycles. The Bertz CT molecular complexity index is 1120. The summed E-state index contributed by atoms with van der Waals surface area (Å²) >= 11 is 0. The Morgan fingerprint density at radius 2 is 1.85 bits per heavy atom. The minimum Gasteiger partial charge on any atom is -0.408 e. The Balaban J connectivity index is 1.67. The Hall–Kier alpha value is -2.87. The van der Waals surface area contributed by atoms with Crippen LogP contribution in [0.5, 0.6) is 0 Å². The molecule has 2 aromatic carbocycles. The van der Waals surface area contributed by atoms with Crippen LogP contribution in [-0.2, 0) is 21.7 Å². The number of fused-ring (bicyclic) bond motifs is 1. The Morgan fingerprint density at radius 3 is 2.54 bits per heavy atom. The molecule has 0 aliphatic rings. The van der Waals surface area contributed by atoms with Crippen LogP contribution in [-0.4, -0.2) is 24.6 Å². The van der Waals surface area contributed by atoms with Gasteiger partial charge in [0.1, 0.15) is 0 Å². The molecule has 0 unspecified atom stereocenters. The van der Waals surface area contributed by atoms with Crippen molar-refractivity contribution in [3.63, 3.8) is 0 Å². The van der Waals surface area contributed by atoms with Crippen molar-refractivity contribution in [2.45, 2.75) is 18.2 Å². The number of amides is 1. The highest BCUT2D eigenvalue weighted by atomic mass is 32.2. The number of sulfone groups is 1. The molecule has 0 spiro atoms. The van der Waals surface area contributed by atoms with Crippen LogP contribution in [0.3, 0.4) is 0 Å². The second-order valence-corrected chi connectivity index (χ2v) is 8.15. The average molecular weight is 374 g/mol. The second kappa shape index (κ2) is 6.80. The van der Waals surface area contributed by atoms with Gasteiger partial charge in [0, 0.05) is 25.2 Å². The molecule has 1 N–H and O–H groups in total. The average Bonchev–Trinajstić information content (AvgIpc) is 2.87. The number of oxazole rings is 1. The lowest BCUT2D eigenvalue weighted by Gasteiger charge is -2.07. The number of benzene rings is 2. The zero-order valence-electron chi connectivity index (χ0n) is 14.4. The largest absolute Gasteiger partial charge is 0.419 e. The molecule has 26 heavy (non-hydrogen) atoms. The SMILES string of the molecule is Cc1ccc(S(=O)(=O)CCC(=O)Nc2ccc3c(c2)oc(=O)n3C)cc1. The first-order valence-corrected chi connectivity index (χ1v) is 9.60. The van der Waals surface area contributed by atoms with Crippen LogP contribution >= 0.6 is 0 Å². The fourth-order valence-electron chi connectivity index (χ4n) is 2.53. The molecular weight excluding hydrogens is 356 g/mol. The normalized spacial score (nSPS) is 11.6. The van der Waals surface area contributed by atoms with Crippen molar-refractivity contribution >= 4 is 32.5 Å². The third-order valence-electron chi connectivity index (χ3n) is 4.05. The maximum absolute atomic E-state index is 12.3. The quantitative estimate of drug-likeness (QED) is 0.738. The fourth-order valence-corrected chi connectivity index (χ4v) is 3.77. The van der Waals surface area contributed by atoms with Crippen LogP contribution in [0.15, 0.2) is 56.6 Å². The van der Waals surface area contributed by atoms with Crippen molar-refractivity contribution in [1.29, 1.82) is 0 Å². The minimum absolute atomic E-state index is 0.174. The maximum atomic E-state index is 12.3. The molecule has 0 radical (unpaired) electrons. The summed E-state index contributed by atoms with van der Waals surface area (Å²) in [6, 6.07) is 11.3. The summed E-state index contributed by atoms with van der Waals surface area (Å²) < 4.78 is 31.0. The molecule has 0 fully saturated rings. The lowest BCUT2D eigenvalue weighted by Crippen LogP contribution is -2.17. The fraction of sp³-hybridized carbons (Fsp3) is 0.222. The van der Waals surface area contributed by atoms with Crippen LogP contribution in [0.2, 0.25) is 0 Å². The molecule has 1 amide bonds. The summed E-state index contributed by atoms with van der Waals surface area (Å²) in [6.45, 7) is 1.87. The highest BCUT2D eigenvalue weighted by Gasteiger charge is 2.16. The van der Waals surface area contributed by atoms with Gasteiger partial charge in [-0.3, -0.25) is 9.36 Å². The number of anilines is 1. The zero-order valence-corrected chi connectivity index (χ0v) is 15.2. The number of nitrogens with one attached hydrogen (secondary N) is 1. The first kappa shape index (κ1) is 17.9. The third-order valence-corrected chi connectivity index (χ3v) is 5.79. The van der Waals surface area contributed by atoms with Gasteiger partial charge in [-0.1, -0.05) is 17.7 Å². The molecular formula is C18H18N2O5S. The van der Waals surface area contributed by atoms with E-state index in [1.807, 2.05) is 6.92 Å². The van der Waals surface area contributed by atoms with Gasteiger partial charge >= 0.3 is 5.76 Å². The van der Waals surface area contributed by atoms with Gasteiger partial charge in [-0.25, -0.2) is 13.2 Å². The summed E-state index contributed by atoms with van der Waals surface area (Å²) in [5, 5.41) is 2.62. The lowest BCUT2D eigenvalue weighted by molar-refractivity contribution is -0.115. The van der Waals surface area contributed by atoms with Crippen molar-refractivity contribution in [3.8, 4) is 0 Å². The van der Waals surface area contributed by atoms with E-state index in [1.54, 1.807) is 31.3 Å². The minimum atomic E-state index is -3.53. The van der Waals surface area contributed by atoms with E-state index in [-0.39, 0.29) is 17.1 Å². The van der Waals surface area contributed by atoms with Gasteiger partial charge in [-0.15, -0.1) is 0 Å². The van der Waals surface area contributed by atoms with Gasteiger partial charge < -0.3 is 9.73 Å². The summed E-state index contributed by atoms with van der Waals surface area (Å²) in [5.41, 5.74) is 2.35. The number of carbonyl (C=O) groups excluding carboxylic acids is 1. The topological polar surface area (TPSA) is 98.4 Å². The predicted molar refractivity (Wildman–Crippen MR) is 97.9 cm³/mol. The number of aromatic nitrogens is 1. The van der Waals surface area contributed by atoms with E-state index < -0.39 is 21.5 Å². The van der Waals surface area contributed by atoms with Gasteiger partial charge in [-0.2, -0.15) is 0 Å². The number of hydrogen-bond donors (Lipinski definition) is 1. The third kappa shape index (κ3) is 3.70. The van der Waals surface area contributed by atoms with Crippen LogP contribution in [0.1, 0.15) is 12.0 Å². The first-order valence-electron chi connectivity index (χ1n) is 7.95. The number of carbonyl (C=O) groups is 1. The molecule has 0 aliphatic carbocycles. The molecule has 7 nitrogen and oxygen atoms in total. The molecule has 136 valence electrons. The van der Waals surface area contributed by atoms with E-state index in [0.29, 0.717) is 16.8 Å². The Kier molecular flexibility index (Phi) is 4.69. The van der Waals surface area contributed by atoms with Gasteiger partial charge in [0.05, 0.1) is 16.2 Å². The van der Waals surface area contributed by atoms with Crippen molar-refractivity contribution in [2.24, 2.45) is 7.05 Å². The maximum Gasteiger partial charge on any atom is 0.419 e. The second-order valence-electron chi connectivity index (χ2n) is 6.04. The molecule has 3 rings (SSSR count). The van der Waals surface area contributed by atoms with Crippen molar-refractivity contribution in [1.82, 2.24) is 4.57 Å². The predicted octanol–water partition coefficient (Wildman–Crippen LogP) is 2.24. The molecule has 8 heteroatoms. The van der Waals surface area contributed by atoms with E-state index in [2.05, 4.69) is 5.32 Å². The van der Waals surface area contributed by atoms with Crippen molar-refractivity contribution in [3.05, 3.63) is 58.6 Å². The van der Waals surface area contributed by atoms with Crippen molar-refractivity contribution in [2.75, 3.05) is 11.1 Å². The van der Waals surface area contributed by atoms with E-state index in [0.717, 1.165) is 5.56 Å². The van der Waals surface area contributed by atoms with Crippen LogP contribution < -0.4 is 11.1 Å². The van der Waals surface area contributed by atoms with Gasteiger partial charge in [0.25, 0.3) is 0 Å². The van der Waals surface area contributed by atoms with Crippen LogP contribution in [0, 0.1) is 6.92 Å². The van der Waals surface area contributed by atoms with Gasteiger partial charge in [0.2, 0.25) is 5.91 Å². The number of hydrogen-bond acceptors (Lipinski definition) is 5. The van der Waals surface area contributed by atoms with Crippen LogP contribution in [0.4, 0.5) is 5.69 Å². The smallest absolute Gasteiger partial charge is 0.408 e. The Labute approximate surface area is 150 Å². The van der Waals surface area contributed by atoms with E-state index in [4.69, 9.17) is 4.42 Å². The summed E-state index contributed by atoms with van der Waals surface area (Å²) in [5.74, 6) is -1.21. The number of nitrogens with zero attached hydrogens (tertiary/aromatic N) is 1. The first-order chi connectivity index (χ1) is 12.3. The molecule has 1 aromatic heterocycles. The van der Waals surface area contributed by atoms with E-state index in [1.165, 1.54) is 22.8 Å². The molecule has 0 saturated carbocycles. The zero-order chi connectivity index (χ0) is 18.9. The molecule has 3 aromatic rings. The molecule has 0 aliphatic heterocycles. The number of aryl methyl sites for hydroxylation is 2. The highest BCUT2D eigenvalue weighted by molar-refractivity contribution is 7.91. The molecule has 0 atom stereocenters. The summed E-state index contributed by atoms with van der Waals surface area (Å²) in [6.07, 6.45) is -0.174. The van der Waals surface area contributed by atoms with Gasteiger partial charge in [0.15, 0.2) is 15.4 Å². The number of rotatable bonds is 5. The van der Waals surface area contributed by atoms with Gasteiger partial charge in [-0.05, 0) is 31.2 Å². The van der Waals surface area contributed by atoms with Crippen LogP contribution in [0.25, 0.3) is 11.1 Å². The highest BCUT2D eigenvalue weighted by Crippen LogP contribution is 2.18.